The van der Waals surface area contributed by atoms with Gasteiger partial charge < -0.3 is 14.6 Å². The average molecular weight is 225 g/mol. The molecule has 0 fully saturated rings. The molecule has 0 saturated heterocycles. The minimum Gasteiger partial charge on any atom is -0.428 e. The second kappa shape index (κ2) is 5.53. The standard InChI is InChI=1S/C11H19N3O2/c1-8(2)5-12-11(15)16-7-14-6-13-9(3)10(14)4/h6,8H,5,7H2,1-4H3,(H,12,15). The number of ether oxygens (including phenoxy) is 1. The number of carbonyl (C=O) groups is 1. The first-order chi connectivity index (χ1) is 7.50. The van der Waals surface area contributed by atoms with Gasteiger partial charge in [-0.2, -0.15) is 0 Å². The summed E-state index contributed by atoms with van der Waals surface area (Å²) in [5, 5.41) is 2.68. The quantitative estimate of drug-likeness (QED) is 0.850. The summed E-state index contributed by atoms with van der Waals surface area (Å²) < 4.78 is 6.84. The SMILES string of the molecule is Cc1ncn(COC(=O)NCC(C)C)c1C. The third-order valence-electron chi connectivity index (χ3n) is 2.33. The number of hydrogen-bond acceptors (Lipinski definition) is 3. The molecule has 1 rings (SSSR count). The van der Waals surface area contributed by atoms with Crippen LogP contribution in [0.4, 0.5) is 4.79 Å². The fourth-order valence-corrected chi connectivity index (χ4v) is 1.14. The molecular formula is C11H19N3O2. The Bertz CT molecular complexity index is 358. The molecule has 1 aromatic heterocycles. The first kappa shape index (κ1) is 12.5. The van der Waals surface area contributed by atoms with Crippen LogP contribution in [0.15, 0.2) is 6.33 Å². The largest absolute Gasteiger partial charge is 0.428 e. The molecule has 0 aliphatic rings. The van der Waals surface area contributed by atoms with Gasteiger partial charge in [-0.3, -0.25) is 0 Å². The van der Waals surface area contributed by atoms with E-state index in [0.717, 1.165) is 11.4 Å². The molecule has 1 heterocycles. The van der Waals surface area contributed by atoms with Crippen LogP contribution in [-0.4, -0.2) is 22.2 Å². The second-order valence-corrected chi connectivity index (χ2v) is 4.22. The van der Waals surface area contributed by atoms with Gasteiger partial charge in [-0.05, 0) is 19.8 Å². The molecule has 0 saturated carbocycles. The summed E-state index contributed by atoms with van der Waals surface area (Å²) in [5.74, 6) is 0.421. The van der Waals surface area contributed by atoms with E-state index >= 15 is 0 Å². The van der Waals surface area contributed by atoms with E-state index in [2.05, 4.69) is 10.3 Å². The van der Waals surface area contributed by atoms with Crippen LogP contribution in [-0.2, 0) is 11.5 Å². The highest BCUT2D eigenvalue weighted by atomic mass is 16.6. The Labute approximate surface area is 95.8 Å². The fourth-order valence-electron chi connectivity index (χ4n) is 1.14. The molecule has 0 unspecified atom stereocenters. The van der Waals surface area contributed by atoms with Crippen molar-refractivity contribution < 1.29 is 9.53 Å². The highest BCUT2D eigenvalue weighted by Crippen LogP contribution is 2.03. The molecule has 1 amide bonds. The molecule has 1 aromatic rings. The second-order valence-electron chi connectivity index (χ2n) is 4.22. The molecule has 0 aromatic carbocycles. The van der Waals surface area contributed by atoms with Crippen LogP contribution in [0.2, 0.25) is 0 Å². The smallest absolute Gasteiger partial charge is 0.408 e. The lowest BCUT2D eigenvalue weighted by Crippen LogP contribution is -2.28. The van der Waals surface area contributed by atoms with Gasteiger partial charge in [0.05, 0.1) is 12.0 Å². The maximum absolute atomic E-state index is 11.3. The Balaban J connectivity index is 2.34. The van der Waals surface area contributed by atoms with E-state index in [-0.39, 0.29) is 12.8 Å². The first-order valence-electron chi connectivity index (χ1n) is 5.39. The molecule has 16 heavy (non-hydrogen) atoms. The summed E-state index contributed by atoms with van der Waals surface area (Å²) in [6.45, 7) is 8.76. The number of alkyl carbamates (subject to hydrolysis) is 1. The maximum atomic E-state index is 11.3. The molecule has 0 aliphatic heterocycles. The number of aromatic nitrogens is 2. The number of hydrogen-bond donors (Lipinski definition) is 1. The van der Waals surface area contributed by atoms with Crippen LogP contribution < -0.4 is 5.32 Å². The van der Waals surface area contributed by atoms with Crippen LogP contribution >= 0.6 is 0 Å². The number of carbonyl (C=O) groups excluding carboxylic acids is 1. The van der Waals surface area contributed by atoms with Crippen molar-refractivity contribution in [3.05, 3.63) is 17.7 Å². The Kier molecular flexibility index (Phi) is 4.34. The molecule has 0 radical (unpaired) electrons. The van der Waals surface area contributed by atoms with E-state index in [9.17, 15) is 4.79 Å². The van der Waals surface area contributed by atoms with Crippen molar-refractivity contribution in [2.24, 2.45) is 5.92 Å². The van der Waals surface area contributed by atoms with Crippen molar-refractivity contribution >= 4 is 6.09 Å². The maximum Gasteiger partial charge on any atom is 0.408 e. The Hall–Kier alpha value is -1.52. The predicted octanol–water partition coefficient (Wildman–Crippen LogP) is 1.84. The third kappa shape index (κ3) is 3.56. The lowest BCUT2D eigenvalue weighted by atomic mass is 10.2. The Morgan fingerprint density at radius 2 is 2.25 bits per heavy atom. The van der Waals surface area contributed by atoms with Gasteiger partial charge in [0.2, 0.25) is 0 Å². The van der Waals surface area contributed by atoms with E-state index in [4.69, 9.17) is 4.74 Å². The molecule has 90 valence electrons. The summed E-state index contributed by atoms with van der Waals surface area (Å²) in [4.78, 5) is 15.4. The van der Waals surface area contributed by atoms with Crippen LogP contribution in [0.1, 0.15) is 25.2 Å². The van der Waals surface area contributed by atoms with Crippen LogP contribution in [0.5, 0.6) is 0 Å². The summed E-state index contributed by atoms with van der Waals surface area (Å²) in [6, 6.07) is 0. The number of amides is 1. The normalized spacial score (nSPS) is 10.6. The van der Waals surface area contributed by atoms with Gasteiger partial charge in [0.1, 0.15) is 0 Å². The fraction of sp³-hybridized carbons (Fsp3) is 0.636. The number of aryl methyl sites for hydroxylation is 1. The molecule has 0 spiro atoms. The zero-order valence-corrected chi connectivity index (χ0v) is 10.3. The Morgan fingerprint density at radius 1 is 1.56 bits per heavy atom. The molecule has 5 nitrogen and oxygen atoms in total. The summed E-state index contributed by atoms with van der Waals surface area (Å²) >= 11 is 0. The first-order valence-corrected chi connectivity index (χ1v) is 5.39. The predicted molar refractivity (Wildman–Crippen MR) is 61.0 cm³/mol. The van der Waals surface area contributed by atoms with Crippen molar-refractivity contribution in [1.29, 1.82) is 0 Å². The van der Waals surface area contributed by atoms with Gasteiger partial charge in [-0.1, -0.05) is 13.8 Å². The number of nitrogens with one attached hydrogen (secondary N) is 1. The van der Waals surface area contributed by atoms with Crippen molar-refractivity contribution in [3.63, 3.8) is 0 Å². The number of nitrogens with zero attached hydrogens (tertiary/aromatic N) is 2. The average Bonchev–Trinajstić information content (AvgIpc) is 2.54. The lowest BCUT2D eigenvalue weighted by molar-refractivity contribution is 0.112. The van der Waals surface area contributed by atoms with E-state index in [1.165, 1.54) is 0 Å². The van der Waals surface area contributed by atoms with E-state index in [1.54, 1.807) is 10.9 Å². The van der Waals surface area contributed by atoms with Gasteiger partial charge in [-0.25, -0.2) is 9.78 Å². The monoisotopic (exact) mass is 225 g/mol. The van der Waals surface area contributed by atoms with Gasteiger partial charge in [0, 0.05) is 12.2 Å². The van der Waals surface area contributed by atoms with E-state index < -0.39 is 0 Å². The van der Waals surface area contributed by atoms with Crippen LogP contribution in [0, 0.1) is 19.8 Å². The third-order valence-corrected chi connectivity index (χ3v) is 2.33. The topological polar surface area (TPSA) is 56.2 Å². The van der Waals surface area contributed by atoms with E-state index in [0.29, 0.717) is 12.5 Å². The summed E-state index contributed by atoms with van der Waals surface area (Å²) in [5.41, 5.74) is 1.96. The number of imidazole rings is 1. The number of rotatable bonds is 4. The zero-order chi connectivity index (χ0) is 12.1. The van der Waals surface area contributed by atoms with Gasteiger partial charge in [-0.15, -0.1) is 0 Å². The summed E-state index contributed by atoms with van der Waals surface area (Å²) in [6.07, 6.45) is 1.28. The van der Waals surface area contributed by atoms with Crippen molar-refractivity contribution in [2.45, 2.75) is 34.4 Å². The highest BCUT2D eigenvalue weighted by molar-refractivity contribution is 5.66. The lowest BCUT2D eigenvalue weighted by Gasteiger charge is -2.10. The van der Waals surface area contributed by atoms with E-state index in [1.807, 2.05) is 27.7 Å². The highest BCUT2D eigenvalue weighted by Gasteiger charge is 2.05. The Morgan fingerprint density at radius 3 is 2.75 bits per heavy atom. The van der Waals surface area contributed by atoms with Gasteiger partial charge >= 0.3 is 6.09 Å². The van der Waals surface area contributed by atoms with Crippen LogP contribution in [0.25, 0.3) is 0 Å². The van der Waals surface area contributed by atoms with Crippen molar-refractivity contribution in [3.8, 4) is 0 Å². The van der Waals surface area contributed by atoms with Crippen LogP contribution in [0.3, 0.4) is 0 Å². The molecule has 5 heteroatoms. The molecular weight excluding hydrogens is 206 g/mol. The summed E-state index contributed by atoms with van der Waals surface area (Å²) in [7, 11) is 0. The molecule has 1 N–H and O–H groups in total. The molecule has 0 atom stereocenters. The minimum atomic E-state index is -0.389. The van der Waals surface area contributed by atoms with Crippen molar-refractivity contribution in [2.75, 3.05) is 6.54 Å². The molecule has 0 aliphatic carbocycles. The van der Waals surface area contributed by atoms with Gasteiger partial charge in [0.25, 0.3) is 0 Å². The minimum absolute atomic E-state index is 0.205. The zero-order valence-electron chi connectivity index (χ0n) is 10.3. The van der Waals surface area contributed by atoms with Gasteiger partial charge in [0.15, 0.2) is 6.73 Å². The van der Waals surface area contributed by atoms with Crippen molar-refractivity contribution in [1.82, 2.24) is 14.9 Å². The molecule has 0 bridgehead atoms.